The van der Waals surface area contributed by atoms with E-state index in [2.05, 4.69) is 26.0 Å². The minimum Gasteiger partial charge on any atom is -0.457 e. The first-order valence-corrected chi connectivity index (χ1v) is 12.6. The number of hydrogen-bond acceptors (Lipinski definition) is 6. The summed E-state index contributed by atoms with van der Waals surface area (Å²) in [6.07, 6.45) is 5.85. The van der Waals surface area contributed by atoms with E-state index in [1.54, 1.807) is 14.2 Å². The zero-order valence-electron chi connectivity index (χ0n) is 21.3. The Morgan fingerprint density at radius 3 is 2.38 bits per heavy atom. The number of esters is 1. The Bertz CT molecular complexity index is 780. The van der Waals surface area contributed by atoms with Crippen molar-refractivity contribution < 1.29 is 28.8 Å². The zero-order valence-corrected chi connectivity index (χ0v) is 21.3. The van der Waals surface area contributed by atoms with Crippen LogP contribution >= 0.6 is 0 Å². The Labute approximate surface area is 204 Å². The molecule has 9 atom stereocenters. The molecule has 2 heterocycles. The number of rotatable bonds is 3. The first-order valence-electron chi connectivity index (χ1n) is 12.6. The van der Waals surface area contributed by atoms with Crippen molar-refractivity contribution in [3.63, 3.8) is 0 Å². The third-order valence-corrected chi connectivity index (χ3v) is 7.43. The van der Waals surface area contributed by atoms with Crippen molar-refractivity contribution >= 4 is 5.97 Å². The Hall–Kier alpha value is -1.73. The molecule has 6 nitrogen and oxygen atoms in total. The summed E-state index contributed by atoms with van der Waals surface area (Å²) in [5, 5.41) is 10.7. The number of aliphatic hydroxyl groups is 1. The molecule has 190 valence electrons. The minimum atomic E-state index is -0.536. The average Bonchev–Trinajstić information content (AvgIpc) is 2.84. The fourth-order valence-electron chi connectivity index (χ4n) is 5.30. The molecule has 0 spiro atoms. The van der Waals surface area contributed by atoms with E-state index in [0.717, 1.165) is 18.4 Å². The maximum absolute atomic E-state index is 13.3. The Kier molecular flexibility index (Phi) is 10.1. The lowest BCUT2D eigenvalue weighted by atomic mass is 9.82. The second-order valence-electron chi connectivity index (χ2n) is 10.0. The summed E-state index contributed by atoms with van der Waals surface area (Å²) < 4.78 is 24.0. The maximum atomic E-state index is 13.3. The van der Waals surface area contributed by atoms with Gasteiger partial charge in [-0.25, -0.2) is 0 Å². The first kappa shape index (κ1) is 26.9. The van der Waals surface area contributed by atoms with E-state index in [4.69, 9.17) is 18.9 Å². The summed E-state index contributed by atoms with van der Waals surface area (Å²) >= 11 is 0. The fourth-order valence-corrected chi connectivity index (χ4v) is 5.30. The van der Waals surface area contributed by atoms with Crippen LogP contribution in [0.4, 0.5) is 0 Å². The van der Waals surface area contributed by atoms with Crippen molar-refractivity contribution in [3.05, 3.63) is 48.0 Å². The SMILES string of the molecule is COC1C/C=C/[C@H](C)C2OC(C(OC)CC2C)[C@H](C)C(=O)O[C@H](c2ccccc2)CCC(O)C1. The molecule has 1 saturated heterocycles. The second-order valence-corrected chi connectivity index (χ2v) is 10.0. The lowest BCUT2D eigenvalue weighted by molar-refractivity contribution is -0.194. The highest BCUT2D eigenvalue weighted by molar-refractivity contribution is 5.73. The Morgan fingerprint density at radius 2 is 1.71 bits per heavy atom. The quantitative estimate of drug-likeness (QED) is 0.498. The third kappa shape index (κ3) is 6.91. The van der Waals surface area contributed by atoms with Crippen molar-refractivity contribution in [2.75, 3.05) is 14.2 Å². The van der Waals surface area contributed by atoms with Gasteiger partial charge in [0.05, 0.1) is 36.4 Å². The number of benzene rings is 1. The van der Waals surface area contributed by atoms with Crippen LogP contribution in [0.15, 0.2) is 42.5 Å². The van der Waals surface area contributed by atoms with Gasteiger partial charge in [0.2, 0.25) is 0 Å². The minimum absolute atomic E-state index is 0.0210. The van der Waals surface area contributed by atoms with Gasteiger partial charge in [-0.1, -0.05) is 56.3 Å². The lowest BCUT2D eigenvalue weighted by Crippen LogP contribution is -2.51. The van der Waals surface area contributed by atoms with Crippen LogP contribution in [0.25, 0.3) is 0 Å². The molecule has 34 heavy (non-hydrogen) atoms. The van der Waals surface area contributed by atoms with Crippen LogP contribution in [-0.4, -0.2) is 55.8 Å². The third-order valence-electron chi connectivity index (χ3n) is 7.43. The molecule has 1 aromatic carbocycles. The van der Waals surface area contributed by atoms with Gasteiger partial charge in [-0.2, -0.15) is 0 Å². The largest absolute Gasteiger partial charge is 0.457 e. The molecule has 1 fully saturated rings. The molecule has 2 aliphatic rings. The number of aliphatic hydroxyl groups excluding tert-OH is 1. The second kappa shape index (κ2) is 12.8. The van der Waals surface area contributed by atoms with Crippen LogP contribution in [0.1, 0.15) is 64.5 Å². The molecule has 0 aliphatic carbocycles. The van der Waals surface area contributed by atoms with E-state index in [9.17, 15) is 9.90 Å². The molecular formula is C28H42O6. The standard InChI is InChI=1S/C28H42O6/c1-18-10-9-13-23(31-4)17-22(29)14-15-24(21-11-7-6-8-12-21)33-28(30)20(3)27-25(32-5)16-19(2)26(18)34-27/h6-12,18-20,22-27,29H,13-17H2,1-5H3/b10-9+/t18-,19?,20-,22?,23?,24-,25?,26?,27?/m0/s1. The van der Waals surface area contributed by atoms with Gasteiger partial charge < -0.3 is 24.1 Å². The number of carbonyl (C=O) groups is 1. The van der Waals surface area contributed by atoms with E-state index in [1.165, 1.54) is 0 Å². The smallest absolute Gasteiger partial charge is 0.312 e. The van der Waals surface area contributed by atoms with Gasteiger partial charge in [0, 0.05) is 20.1 Å². The van der Waals surface area contributed by atoms with Crippen molar-refractivity contribution in [1.82, 2.24) is 0 Å². The Balaban J connectivity index is 1.89. The number of fused-ring (bicyclic) bond motifs is 2. The van der Waals surface area contributed by atoms with Crippen molar-refractivity contribution in [2.24, 2.45) is 17.8 Å². The van der Waals surface area contributed by atoms with Crippen LogP contribution in [0.2, 0.25) is 0 Å². The van der Waals surface area contributed by atoms with Crippen molar-refractivity contribution in [3.8, 4) is 0 Å². The number of methoxy groups -OCH3 is 2. The summed E-state index contributed by atoms with van der Waals surface area (Å²) in [4.78, 5) is 13.3. The molecule has 0 aromatic heterocycles. The van der Waals surface area contributed by atoms with Gasteiger partial charge in [0.1, 0.15) is 6.10 Å². The highest BCUT2D eigenvalue weighted by Crippen LogP contribution is 2.36. The van der Waals surface area contributed by atoms with E-state index in [0.29, 0.717) is 25.2 Å². The monoisotopic (exact) mass is 474 g/mol. The molecule has 1 aromatic rings. The zero-order chi connectivity index (χ0) is 24.7. The predicted octanol–water partition coefficient (Wildman–Crippen LogP) is 4.86. The molecule has 6 heteroatoms. The van der Waals surface area contributed by atoms with Gasteiger partial charge in [0.25, 0.3) is 0 Å². The number of ether oxygens (including phenoxy) is 4. The van der Waals surface area contributed by atoms with Crippen LogP contribution in [-0.2, 0) is 23.7 Å². The highest BCUT2D eigenvalue weighted by atomic mass is 16.6. The van der Waals surface area contributed by atoms with E-state index < -0.39 is 18.1 Å². The summed E-state index contributed by atoms with van der Waals surface area (Å²) in [6.45, 7) is 6.20. The van der Waals surface area contributed by atoms with Crippen molar-refractivity contribution in [2.45, 2.75) is 89.5 Å². The van der Waals surface area contributed by atoms with Gasteiger partial charge in [-0.15, -0.1) is 0 Å². The van der Waals surface area contributed by atoms with Gasteiger partial charge in [-0.3, -0.25) is 4.79 Å². The topological polar surface area (TPSA) is 74.2 Å². The Morgan fingerprint density at radius 1 is 0.971 bits per heavy atom. The summed E-state index contributed by atoms with van der Waals surface area (Å²) in [5.41, 5.74) is 0.926. The molecule has 0 saturated carbocycles. The summed E-state index contributed by atoms with van der Waals surface area (Å²) in [6, 6.07) is 9.74. The van der Waals surface area contributed by atoms with Crippen LogP contribution in [0, 0.1) is 17.8 Å². The molecule has 0 amide bonds. The predicted molar refractivity (Wildman–Crippen MR) is 131 cm³/mol. The molecule has 2 aliphatic heterocycles. The molecule has 1 N–H and O–H groups in total. The summed E-state index contributed by atoms with van der Waals surface area (Å²) in [7, 11) is 3.37. The number of carbonyl (C=O) groups excluding carboxylic acids is 1. The van der Waals surface area contributed by atoms with Crippen molar-refractivity contribution in [1.29, 1.82) is 0 Å². The van der Waals surface area contributed by atoms with E-state index in [-0.39, 0.29) is 36.3 Å². The van der Waals surface area contributed by atoms with E-state index in [1.807, 2.05) is 37.3 Å². The fraction of sp³-hybridized carbons (Fsp3) is 0.679. The molecular weight excluding hydrogens is 432 g/mol. The van der Waals surface area contributed by atoms with Gasteiger partial charge in [0.15, 0.2) is 0 Å². The van der Waals surface area contributed by atoms with Crippen LogP contribution in [0.5, 0.6) is 0 Å². The molecule has 2 bridgehead atoms. The normalized spacial score (nSPS) is 39.2. The molecule has 6 unspecified atom stereocenters. The van der Waals surface area contributed by atoms with Gasteiger partial charge >= 0.3 is 5.97 Å². The molecule has 3 rings (SSSR count). The van der Waals surface area contributed by atoms with Crippen LogP contribution < -0.4 is 0 Å². The van der Waals surface area contributed by atoms with E-state index >= 15 is 0 Å². The average molecular weight is 475 g/mol. The summed E-state index contributed by atoms with van der Waals surface area (Å²) in [5.74, 6) is -0.308. The van der Waals surface area contributed by atoms with Gasteiger partial charge in [-0.05, 0) is 50.5 Å². The number of hydrogen-bond donors (Lipinski definition) is 1. The van der Waals surface area contributed by atoms with Crippen LogP contribution in [0.3, 0.4) is 0 Å². The number of cyclic esters (lactones) is 1. The molecule has 0 radical (unpaired) electrons. The maximum Gasteiger partial charge on any atom is 0.312 e. The highest BCUT2D eigenvalue weighted by Gasteiger charge is 2.43. The first-order chi connectivity index (χ1) is 16.3. The lowest BCUT2D eigenvalue weighted by Gasteiger charge is -2.43.